The largest absolute Gasteiger partial charge is 0.466 e. The van der Waals surface area contributed by atoms with Gasteiger partial charge >= 0.3 is 5.97 Å². The maximum atomic E-state index is 11.6. The smallest absolute Gasteiger partial charge is 0.313 e. The summed E-state index contributed by atoms with van der Waals surface area (Å²) in [7, 11) is -1.01. The average molecular weight is 269 g/mol. The zero-order valence-corrected chi connectivity index (χ0v) is 11.8. The molecule has 5 heteroatoms. The Bertz CT molecular complexity index is 417. The van der Waals surface area contributed by atoms with Crippen LogP contribution in [0.1, 0.15) is 30.9 Å². The molecule has 0 aliphatic carbocycles. The maximum Gasteiger partial charge on any atom is 0.313 e. The second kappa shape index (κ2) is 7.28. The quantitative estimate of drug-likeness (QED) is 0.800. The summed E-state index contributed by atoms with van der Waals surface area (Å²) in [5.74, 6) is -0.467. The molecule has 0 aliphatic heterocycles. The zero-order valence-electron chi connectivity index (χ0n) is 10.9. The van der Waals surface area contributed by atoms with Crippen molar-refractivity contribution < 1.29 is 13.7 Å². The van der Waals surface area contributed by atoms with Crippen molar-refractivity contribution in [2.45, 2.75) is 26.3 Å². The van der Waals surface area contributed by atoms with Gasteiger partial charge in [0.2, 0.25) is 0 Å². The van der Waals surface area contributed by atoms with E-state index in [0.717, 1.165) is 11.1 Å². The van der Waals surface area contributed by atoms with Crippen molar-refractivity contribution >= 4 is 17.0 Å². The third-order valence-electron chi connectivity index (χ3n) is 2.60. The Morgan fingerprint density at radius 2 is 2.00 bits per heavy atom. The first-order chi connectivity index (χ1) is 8.54. The van der Waals surface area contributed by atoms with Gasteiger partial charge < -0.3 is 4.74 Å². The number of nitrogens with one attached hydrogen (secondary N) is 1. The second-order valence-corrected chi connectivity index (χ2v) is 5.19. The molecule has 2 atom stereocenters. The molecular weight excluding hydrogens is 250 g/mol. The number of benzene rings is 1. The second-order valence-electron chi connectivity index (χ2n) is 3.99. The van der Waals surface area contributed by atoms with Gasteiger partial charge in [-0.05, 0) is 25.0 Å². The van der Waals surface area contributed by atoms with E-state index in [1.807, 2.05) is 31.2 Å². The lowest BCUT2D eigenvalue weighted by Gasteiger charge is -2.11. The molecule has 1 N–H and O–H groups in total. The highest BCUT2D eigenvalue weighted by Crippen LogP contribution is 2.17. The highest BCUT2D eigenvalue weighted by atomic mass is 32.2. The number of carbonyl (C=O) groups excluding carboxylic acids is 1. The van der Waals surface area contributed by atoms with E-state index >= 15 is 0 Å². The van der Waals surface area contributed by atoms with Gasteiger partial charge in [-0.25, -0.2) is 8.93 Å². The van der Waals surface area contributed by atoms with E-state index in [2.05, 4.69) is 4.72 Å². The van der Waals surface area contributed by atoms with Crippen molar-refractivity contribution in [3.05, 3.63) is 35.4 Å². The molecule has 4 nitrogen and oxygen atoms in total. The summed E-state index contributed by atoms with van der Waals surface area (Å²) in [5.41, 5.74) is 1.96. The van der Waals surface area contributed by atoms with Crippen LogP contribution in [0.3, 0.4) is 0 Å². The van der Waals surface area contributed by atoms with E-state index in [1.54, 1.807) is 13.2 Å². The minimum atomic E-state index is -1.01. The van der Waals surface area contributed by atoms with Gasteiger partial charge in [0.05, 0.1) is 23.5 Å². The Balaban J connectivity index is 2.64. The van der Waals surface area contributed by atoms with Crippen LogP contribution >= 0.6 is 0 Å². The van der Waals surface area contributed by atoms with Gasteiger partial charge in [-0.2, -0.15) is 0 Å². The zero-order chi connectivity index (χ0) is 13.5. The van der Waals surface area contributed by atoms with E-state index in [-0.39, 0.29) is 11.9 Å². The first kappa shape index (κ1) is 14.9. The summed E-state index contributed by atoms with van der Waals surface area (Å²) in [6.45, 7) is 4.57. The predicted molar refractivity (Wildman–Crippen MR) is 72.4 cm³/mol. The molecule has 2 unspecified atom stereocenters. The van der Waals surface area contributed by atoms with Gasteiger partial charge in [-0.3, -0.25) is 4.79 Å². The van der Waals surface area contributed by atoms with Crippen LogP contribution < -0.4 is 4.72 Å². The molecule has 1 aromatic rings. The van der Waals surface area contributed by atoms with Crippen molar-refractivity contribution in [3.8, 4) is 0 Å². The fourth-order valence-corrected chi connectivity index (χ4v) is 1.88. The topological polar surface area (TPSA) is 55.4 Å². The molecular formula is C13H19NO3S. The molecule has 18 heavy (non-hydrogen) atoms. The van der Waals surface area contributed by atoms with Crippen LogP contribution in [-0.4, -0.2) is 23.0 Å². The predicted octanol–water partition coefficient (Wildman–Crippen LogP) is 1.74. The lowest BCUT2D eigenvalue weighted by molar-refractivity contribution is -0.144. The minimum Gasteiger partial charge on any atom is -0.466 e. The molecule has 0 aromatic heterocycles. The van der Waals surface area contributed by atoms with E-state index in [0.29, 0.717) is 13.2 Å². The number of hydrogen-bond acceptors (Lipinski definition) is 3. The van der Waals surface area contributed by atoms with E-state index in [1.165, 1.54) is 0 Å². The number of rotatable bonds is 6. The van der Waals surface area contributed by atoms with Crippen molar-refractivity contribution in [2.24, 2.45) is 0 Å². The Hall–Kier alpha value is -1.20. The highest BCUT2D eigenvalue weighted by molar-refractivity contribution is 7.82. The third-order valence-corrected chi connectivity index (χ3v) is 3.15. The van der Waals surface area contributed by atoms with Gasteiger partial charge in [-0.15, -0.1) is 0 Å². The van der Waals surface area contributed by atoms with Crippen LogP contribution in [-0.2, 0) is 27.1 Å². The standard InChI is InChI=1S/C13H19NO3S/c1-4-17-13(15)10(2)12-7-5-11(6-8-12)9-14-18(3)16/h5-8,10,14H,4,9H2,1-3H3. The molecule has 0 amide bonds. The maximum absolute atomic E-state index is 11.6. The molecule has 0 saturated heterocycles. The van der Waals surface area contributed by atoms with Crippen LogP contribution in [0.4, 0.5) is 0 Å². The molecule has 0 fully saturated rings. The van der Waals surface area contributed by atoms with Crippen molar-refractivity contribution in [3.63, 3.8) is 0 Å². The molecule has 100 valence electrons. The summed E-state index contributed by atoms with van der Waals surface area (Å²) in [6.07, 6.45) is 1.59. The molecule has 0 aliphatic rings. The molecule has 0 saturated carbocycles. The summed E-state index contributed by atoms with van der Waals surface area (Å²) in [6, 6.07) is 7.64. The minimum absolute atomic E-state index is 0.210. The monoisotopic (exact) mass is 269 g/mol. The SMILES string of the molecule is CCOC(=O)C(C)c1ccc(CNS(C)=O)cc1. The van der Waals surface area contributed by atoms with Crippen LogP contribution in [0, 0.1) is 0 Å². The number of hydrogen-bond donors (Lipinski definition) is 1. The van der Waals surface area contributed by atoms with Crippen molar-refractivity contribution in [1.29, 1.82) is 0 Å². The van der Waals surface area contributed by atoms with Crippen LogP contribution in [0.5, 0.6) is 0 Å². The van der Waals surface area contributed by atoms with Gasteiger partial charge in [0.25, 0.3) is 0 Å². The molecule has 0 bridgehead atoms. The van der Waals surface area contributed by atoms with E-state index < -0.39 is 11.0 Å². The fraction of sp³-hybridized carbons (Fsp3) is 0.462. The summed E-state index contributed by atoms with van der Waals surface area (Å²) < 4.78 is 18.7. The number of esters is 1. The normalized spacial score (nSPS) is 13.9. The lowest BCUT2D eigenvalue weighted by atomic mass is 10.00. The molecule has 0 heterocycles. The Morgan fingerprint density at radius 1 is 1.39 bits per heavy atom. The first-order valence-corrected chi connectivity index (χ1v) is 7.42. The van der Waals surface area contributed by atoms with Gasteiger partial charge in [-0.1, -0.05) is 24.3 Å². The molecule has 0 spiro atoms. The van der Waals surface area contributed by atoms with Crippen LogP contribution in [0.15, 0.2) is 24.3 Å². The summed E-state index contributed by atoms with van der Waals surface area (Å²) in [4.78, 5) is 11.6. The lowest BCUT2D eigenvalue weighted by Crippen LogP contribution is -2.15. The molecule has 1 rings (SSSR count). The Kier molecular flexibility index (Phi) is 6.01. The highest BCUT2D eigenvalue weighted by Gasteiger charge is 2.15. The summed E-state index contributed by atoms with van der Waals surface area (Å²) >= 11 is 0. The third kappa shape index (κ3) is 4.58. The summed E-state index contributed by atoms with van der Waals surface area (Å²) in [5, 5.41) is 0. The van der Waals surface area contributed by atoms with Crippen molar-refractivity contribution in [2.75, 3.05) is 12.9 Å². The number of carbonyl (C=O) groups is 1. The van der Waals surface area contributed by atoms with Gasteiger partial charge in [0.1, 0.15) is 0 Å². The first-order valence-electron chi connectivity index (χ1n) is 5.87. The van der Waals surface area contributed by atoms with E-state index in [9.17, 15) is 9.00 Å². The van der Waals surface area contributed by atoms with Gasteiger partial charge in [0, 0.05) is 12.8 Å². The Morgan fingerprint density at radius 3 is 2.50 bits per heavy atom. The van der Waals surface area contributed by atoms with E-state index in [4.69, 9.17) is 4.74 Å². The van der Waals surface area contributed by atoms with Crippen LogP contribution in [0.25, 0.3) is 0 Å². The van der Waals surface area contributed by atoms with Crippen molar-refractivity contribution in [1.82, 2.24) is 4.72 Å². The van der Waals surface area contributed by atoms with Gasteiger partial charge in [0.15, 0.2) is 0 Å². The Labute approximate surface area is 110 Å². The fourth-order valence-electron chi connectivity index (χ4n) is 1.51. The molecule has 0 radical (unpaired) electrons. The van der Waals surface area contributed by atoms with Crippen LogP contribution in [0.2, 0.25) is 0 Å². The average Bonchev–Trinajstić information content (AvgIpc) is 2.36. The molecule has 1 aromatic carbocycles. The number of ether oxygens (including phenoxy) is 1.